The quantitative estimate of drug-likeness (QED) is 0.753. The molecule has 0 saturated carbocycles. The lowest BCUT2D eigenvalue weighted by Gasteiger charge is -2.03. The van der Waals surface area contributed by atoms with E-state index in [0.29, 0.717) is 30.2 Å². The minimum absolute atomic E-state index is 0.136. The number of furan rings is 1. The Kier molecular flexibility index (Phi) is 4.42. The Bertz CT molecular complexity index is 760. The van der Waals surface area contributed by atoms with Gasteiger partial charge in [0.15, 0.2) is 11.5 Å². The molecule has 6 nitrogen and oxygen atoms in total. The fourth-order valence-corrected chi connectivity index (χ4v) is 2.12. The van der Waals surface area contributed by atoms with Crippen molar-refractivity contribution in [2.24, 2.45) is 0 Å². The molecule has 0 bridgehead atoms. The fourth-order valence-electron chi connectivity index (χ4n) is 2.12. The number of hydrogen-bond donors (Lipinski definition) is 1. The Labute approximate surface area is 133 Å². The first-order valence-electron chi connectivity index (χ1n) is 7.18. The lowest BCUT2D eigenvalue weighted by atomic mass is 10.1. The summed E-state index contributed by atoms with van der Waals surface area (Å²) in [6.45, 7) is 0. The van der Waals surface area contributed by atoms with Crippen molar-refractivity contribution in [1.82, 2.24) is 5.16 Å². The van der Waals surface area contributed by atoms with E-state index in [0.717, 1.165) is 11.3 Å². The highest BCUT2D eigenvalue weighted by Gasteiger charge is 2.11. The molecule has 2 heterocycles. The summed E-state index contributed by atoms with van der Waals surface area (Å²) in [5, 5.41) is 6.53. The van der Waals surface area contributed by atoms with Crippen LogP contribution < -0.4 is 10.1 Å². The van der Waals surface area contributed by atoms with Crippen LogP contribution in [-0.4, -0.2) is 18.2 Å². The van der Waals surface area contributed by atoms with Gasteiger partial charge in [-0.05, 0) is 36.2 Å². The summed E-state index contributed by atoms with van der Waals surface area (Å²) in [7, 11) is 1.62. The molecule has 118 valence electrons. The van der Waals surface area contributed by atoms with Gasteiger partial charge in [0.1, 0.15) is 5.75 Å². The molecule has 1 N–H and O–H groups in total. The van der Waals surface area contributed by atoms with Gasteiger partial charge < -0.3 is 13.7 Å². The van der Waals surface area contributed by atoms with Crippen molar-refractivity contribution < 1.29 is 18.5 Å². The summed E-state index contributed by atoms with van der Waals surface area (Å²) < 4.78 is 15.4. The molecule has 3 aromatic rings. The third-order valence-corrected chi connectivity index (χ3v) is 3.35. The predicted octanol–water partition coefficient (Wildman–Crippen LogP) is 3.51. The first-order chi connectivity index (χ1) is 11.2. The van der Waals surface area contributed by atoms with E-state index in [9.17, 15) is 4.79 Å². The minimum Gasteiger partial charge on any atom is -0.497 e. The molecule has 0 spiro atoms. The highest BCUT2D eigenvalue weighted by molar-refractivity contribution is 5.89. The molecule has 6 heteroatoms. The third-order valence-electron chi connectivity index (χ3n) is 3.35. The van der Waals surface area contributed by atoms with E-state index < -0.39 is 0 Å². The second-order valence-corrected chi connectivity index (χ2v) is 4.95. The van der Waals surface area contributed by atoms with E-state index in [1.807, 2.05) is 24.3 Å². The molecule has 3 rings (SSSR count). The van der Waals surface area contributed by atoms with Crippen molar-refractivity contribution in [3.63, 3.8) is 0 Å². The number of anilines is 1. The predicted molar refractivity (Wildman–Crippen MR) is 84.1 cm³/mol. The summed E-state index contributed by atoms with van der Waals surface area (Å²) in [4.78, 5) is 12.0. The molecular formula is C17H16N2O4. The average molecular weight is 312 g/mol. The lowest BCUT2D eigenvalue weighted by Crippen LogP contribution is -2.11. The van der Waals surface area contributed by atoms with Gasteiger partial charge in [-0.25, -0.2) is 0 Å². The SMILES string of the molecule is COc1ccc(CCC(=O)Nc2cc(-c3ccco3)no2)cc1. The number of nitrogens with zero attached hydrogens (tertiary/aromatic N) is 1. The van der Waals surface area contributed by atoms with Gasteiger partial charge in [0.05, 0.1) is 13.4 Å². The Morgan fingerprint density at radius 2 is 2.09 bits per heavy atom. The molecular weight excluding hydrogens is 296 g/mol. The topological polar surface area (TPSA) is 77.5 Å². The van der Waals surface area contributed by atoms with E-state index in [4.69, 9.17) is 13.7 Å². The van der Waals surface area contributed by atoms with E-state index in [-0.39, 0.29) is 5.91 Å². The second-order valence-electron chi connectivity index (χ2n) is 4.95. The third kappa shape index (κ3) is 3.79. The summed E-state index contributed by atoms with van der Waals surface area (Å²) in [5.74, 6) is 1.55. The van der Waals surface area contributed by atoms with Crippen LogP contribution in [0, 0.1) is 0 Å². The molecule has 23 heavy (non-hydrogen) atoms. The summed E-state index contributed by atoms with van der Waals surface area (Å²) in [6, 6.07) is 12.8. The smallest absolute Gasteiger partial charge is 0.231 e. The van der Waals surface area contributed by atoms with Crippen molar-refractivity contribution >= 4 is 11.8 Å². The van der Waals surface area contributed by atoms with Crippen molar-refractivity contribution in [3.05, 3.63) is 54.3 Å². The second kappa shape index (κ2) is 6.83. The van der Waals surface area contributed by atoms with Crippen LogP contribution in [0.1, 0.15) is 12.0 Å². The molecule has 0 unspecified atom stereocenters. The summed E-state index contributed by atoms with van der Waals surface area (Å²) in [5.41, 5.74) is 1.61. The Morgan fingerprint density at radius 1 is 1.26 bits per heavy atom. The van der Waals surface area contributed by atoms with Crippen LogP contribution in [0.4, 0.5) is 5.88 Å². The van der Waals surface area contributed by atoms with Crippen LogP contribution >= 0.6 is 0 Å². The Morgan fingerprint density at radius 3 is 2.78 bits per heavy atom. The number of nitrogens with one attached hydrogen (secondary N) is 1. The molecule has 0 radical (unpaired) electrons. The Balaban J connectivity index is 1.53. The van der Waals surface area contributed by atoms with Crippen molar-refractivity contribution in [1.29, 1.82) is 0 Å². The van der Waals surface area contributed by atoms with Crippen molar-refractivity contribution in [3.8, 4) is 17.2 Å². The van der Waals surface area contributed by atoms with Gasteiger partial charge in [-0.3, -0.25) is 10.1 Å². The monoisotopic (exact) mass is 312 g/mol. The summed E-state index contributed by atoms with van der Waals surface area (Å²) in [6.07, 6.45) is 2.54. The number of aromatic nitrogens is 1. The number of methoxy groups -OCH3 is 1. The van der Waals surface area contributed by atoms with E-state index in [2.05, 4.69) is 10.5 Å². The molecule has 0 aliphatic rings. The average Bonchev–Trinajstić information content (AvgIpc) is 3.24. The van der Waals surface area contributed by atoms with E-state index >= 15 is 0 Å². The van der Waals surface area contributed by atoms with Gasteiger partial charge in [0.2, 0.25) is 11.8 Å². The number of amides is 1. The minimum atomic E-state index is -0.136. The van der Waals surface area contributed by atoms with Crippen molar-refractivity contribution in [2.45, 2.75) is 12.8 Å². The molecule has 0 aliphatic carbocycles. The van der Waals surface area contributed by atoms with Gasteiger partial charge in [-0.2, -0.15) is 0 Å². The van der Waals surface area contributed by atoms with Crippen LogP contribution in [0.2, 0.25) is 0 Å². The van der Waals surface area contributed by atoms with Crippen molar-refractivity contribution in [2.75, 3.05) is 12.4 Å². The molecule has 0 saturated heterocycles. The Hall–Kier alpha value is -3.02. The largest absolute Gasteiger partial charge is 0.497 e. The van der Waals surface area contributed by atoms with E-state index in [1.165, 1.54) is 0 Å². The number of carbonyl (C=O) groups excluding carboxylic acids is 1. The van der Waals surface area contributed by atoms with Gasteiger partial charge in [0, 0.05) is 12.5 Å². The normalized spacial score (nSPS) is 10.5. The zero-order valence-corrected chi connectivity index (χ0v) is 12.6. The van der Waals surface area contributed by atoms with Crippen LogP contribution in [0.15, 0.2) is 57.7 Å². The standard InChI is InChI=1S/C17H16N2O4/c1-21-13-7-4-12(5-8-13)6-9-16(20)18-17-11-14(19-23-17)15-3-2-10-22-15/h2-5,7-8,10-11H,6,9H2,1H3,(H,18,20). The summed E-state index contributed by atoms with van der Waals surface area (Å²) >= 11 is 0. The molecule has 2 aromatic heterocycles. The van der Waals surface area contributed by atoms with Crippen LogP contribution in [0.5, 0.6) is 5.75 Å². The number of carbonyl (C=O) groups is 1. The fraction of sp³-hybridized carbons (Fsp3) is 0.176. The first kappa shape index (κ1) is 14.9. The van der Waals surface area contributed by atoms with Crippen LogP contribution in [-0.2, 0) is 11.2 Å². The van der Waals surface area contributed by atoms with Crippen LogP contribution in [0.25, 0.3) is 11.5 Å². The van der Waals surface area contributed by atoms with Gasteiger partial charge in [-0.15, -0.1) is 0 Å². The molecule has 0 atom stereocenters. The number of benzene rings is 1. The first-order valence-corrected chi connectivity index (χ1v) is 7.18. The lowest BCUT2D eigenvalue weighted by molar-refractivity contribution is -0.116. The van der Waals surface area contributed by atoms with Crippen LogP contribution in [0.3, 0.4) is 0 Å². The van der Waals surface area contributed by atoms with Gasteiger partial charge in [0.25, 0.3) is 0 Å². The molecule has 0 fully saturated rings. The van der Waals surface area contributed by atoms with Gasteiger partial charge >= 0.3 is 0 Å². The highest BCUT2D eigenvalue weighted by Crippen LogP contribution is 2.22. The highest BCUT2D eigenvalue weighted by atomic mass is 16.5. The number of rotatable bonds is 6. The zero-order valence-electron chi connectivity index (χ0n) is 12.6. The molecule has 1 aromatic carbocycles. The molecule has 1 amide bonds. The number of ether oxygens (including phenoxy) is 1. The number of aryl methyl sites for hydroxylation is 1. The van der Waals surface area contributed by atoms with E-state index in [1.54, 1.807) is 31.6 Å². The molecule has 0 aliphatic heterocycles. The maximum Gasteiger partial charge on any atom is 0.231 e. The maximum absolute atomic E-state index is 12.0. The van der Waals surface area contributed by atoms with Gasteiger partial charge in [-0.1, -0.05) is 17.3 Å². The zero-order chi connectivity index (χ0) is 16.1. The maximum atomic E-state index is 12.0. The number of hydrogen-bond acceptors (Lipinski definition) is 5.